The molecule has 0 unspecified atom stereocenters. The fourth-order valence-corrected chi connectivity index (χ4v) is 4.58. The van der Waals surface area contributed by atoms with Crippen molar-refractivity contribution in [2.75, 3.05) is 6.54 Å². The van der Waals surface area contributed by atoms with Crippen molar-refractivity contribution in [1.82, 2.24) is 10.3 Å². The smallest absolute Gasteiger partial charge is 0.223 e. The molecule has 2 aromatic rings. The lowest BCUT2D eigenvalue weighted by molar-refractivity contribution is -0.126. The van der Waals surface area contributed by atoms with E-state index in [1.54, 1.807) is 6.20 Å². The minimum atomic E-state index is 0.0206. The molecule has 5 rings (SSSR count). The number of benzene rings is 1. The molecule has 1 aliphatic heterocycles. The van der Waals surface area contributed by atoms with E-state index in [0.717, 1.165) is 36.1 Å². The van der Waals surface area contributed by atoms with E-state index in [9.17, 15) is 4.79 Å². The number of hydrogen-bond acceptors (Lipinski definition) is 3. The number of amides is 1. The van der Waals surface area contributed by atoms with Gasteiger partial charge in [-0.25, -0.2) is 0 Å². The van der Waals surface area contributed by atoms with Crippen LogP contribution in [0.5, 0.6) is 5.75 Å². The van der Waals surface area contributed by atoms with Crippen LogP contribution in [0, 0.1) is 17.8 Å². The van der Waals surface area contributed by atoms with Gasteiger partial charge in [0.1, 0.15) is 11.9 Å². The van der Waals surface area contributed by atoms with Gasteiger partial charge in [0.05, 0.1) is 6.54 Å². The molecule has 0 spiro atoms. The number of hydrogen-bond donors (Lipinski definition) is 1. The van der Waals surface area contributed by atoms with Crippen LogP contribution in [-0.4, -0.2) is 23.5 Å². The summed E-state index contributed by atoms with van der Waals surface area (Å²) in [5, 5.41) is 3.12. The largest absolute Gasteiger partial charge is 0.488 e. The summed E-state index contributed by atoms with van der Waals surface area (Å²) in [7, 11) is 0. The standard InChI is InChI=1S/C22H22N2O2/c25-22(20-9-14-3-4-16(20)8-14)24-13-19-11-18-10-15(5-6-21(18)26-19)17-2-1-7-23-12-17/h1-7,10,12,14,16,19-20H,8-9,11,13H2,(H,24,25)/t14-,16+,19+,20-/m1/s1. The molecule has 4 heteroatoms. The van der Waals surface area contributed by atoms with Crippen LogP contribution >= 0.6 is 0 Å². The number of ether oxygens (including phenoxy) is 1. The van der Waals surface area contributed by atoms with Gasteiger partial charge in [0.15, 0.2) is 0 Å². The lowest BCUT2D eigenvalue weighted by atomic mass is 9.93. The number of carbonyl (C=O) groups is 1. The number of fused-ring (bicyclic) bond motifs is 3. The highest BCUT2D eigenvalue weighted by atomic mass is 16.5. The Kier molecular flexibility index (Phi) is 3.77. The first-order chi connectivity index (χ1) is 12.8. The van der Waals surface area contributed by atoms with Gasteiger partial charge in [0, 0.05) is 30.3 Å². The van der Waals surface area contributed by atoms with E-state index in [1.165, 1.54) is 5.56 Å². The van der Waals surface area contributed by atoms with Crippen molar-refractivity contribution in [2.45, 2.75) is 25.4 Å². The maximum Gasteiger partial charge on any atom is 0.223 e. The molecule has 2 bridgehead atoms. The van der Waals surface area contributed by atoms with Crippen molar-refractivity contribution >= 4 is 5.91 Å². The first-order valence-electron chi connectivity index (χ1n) is 9.42. The van der Waals surface area contributed by atoms with Gasteiger partial charge in [0.25, 0.3) is 0 Å². The Bertz CT molecular complexity index is 862. The zero-order valence-electron chi connectivity index (χ0n) is 14.6. The molecule has 1 fully saturated rings. The van der Waals surface area contributed by atoms with Crippen LogP contribution in [0.2, 0.25) is 0 Å². The summed E-state index contributed by atoms with van der Waals surface area (Å²) in [6.07, 6.45) is 11.2. The van der Waals surface area contributed by atoms with Crippen LogP contribution in [-0.2, 0) is 11.2 Å². The third kappa shape index (κ3) is 2.79. The first-order valence-corrected chi connectivity index (χ1v) is 9.42. The van der Waals surface area contributed by atoms with Crippen LogP contribution in [0.3, 0.4) is 0 Å². The first kappa shape index (κ1) is 15.6. The Hall–Kier alpha value is -2.62. The maximum absolute atomic E-state index is 12.5. The lowest BCUT2D eigenvalue weighted by Crippen LogP contribution is -2.39. The third-order valence-electron chi connectivity index (χ3n) is 5.92. The predicted molar refractivity (Wildman–Crippen MR) is 99.6 cm³/mol. The molecule has 1 aromatic carbocycles. The number of aromatic nitrogens is 1. The van der Waals surface area contributed by atoms with Gasteiger partial charge in [0.2, 0.25) is 5.91 Å². The SMILES string of the molecule is O=C(NC[C@@H]1Cc2cc(-c3cccnc3)ccc2O1)[C@@H]1C[C@@H]2C=C[C@H]1C2. The zero-order valence-corrected chi connectivity index (χ0v) is 14.6. The fourth-order valence-electron chi connectivity index (χ4n) is 4.58. The van der Waals surface area contributed by atoms with Gasteiger partial charge in [-0.1, -0.05) is 24.3 Å². The molecule has 4 atom stereocenters. The Labute approximate surface area is 153 Å². The summed E-state index contributed by atoms with van der Waals surface area (Å²) in [6.45, 7) is 0.577. The minimum Gasteiger partial charge on any atom is -0.488 e. The molecule has 1 N–H and O–H groups in total. The minimum absolute atomic E-state index is 0.0206. The van der Waals surface area contributed by atoms with Crippen molar-refractivity contribution in [2.24, 2.45) is 17.8 Å². The summed E-state index contributed by atoms with van der Waals surface area (Å²) >= 11 is 0. The van der Waals surface area contributed by atoms with Crippen molar-refractivity contribution < 1.29 is 9.53 Å². The molecule has 132 valence electrons. The lowest BCUT2D eigenvalue weighted by Gasteiger charge is -2.19. The second-order valence-corrected chi connectivity index (χ2v) is 7.64. The van der Waals surface area contributed by atoms with Crippen LogP contribution in [0.4, 0.5) is 0 Å². The van der Waals surface area contributed by atoms with Crippen molar-refractivity contribution in [1.29, 1.82) is 0 Å². The molecule has 26 heavy (non-hydrogen) atoms. The topological polar surface area (TPSA) is 51.2 Å². The fraction of sp³-hybridized carbons (Fsp3) is 0.364. The van der Waals surface area contributed by atoms with E-state index in [2.05, 4.69) is 40.7 Å². The number of pyridine rings is 1. The van der Waals surface area contributed by atoms with Crippen molar-refractivity contribution in [3.63, 3.8) is 0 Å². The average Bonchev–Trinajstić information content (AvgIpc) is 3.41. The molecule has 0 saturated heterocycles. The Morgan fingerprint density at radius 1 is 1.19 bits per heavy atom. The van der Waals surface area contributed by atoms with Gasteiger partial charge < -0.3 is 10.1 Å². The van der Waals surface area contributed by atoms with Crippen molar-refractivity contribution in [3.05, 3.63) is 60.4 Å². The molecule has 0 radical (unpaired) electrons. The zero-order chi connectivity index (χ0) is 17.5. The molecule has 1 saturated carbocycles. The van der Waals surface area contributed by atoms with Crippen LogP contribution in [0.25, 0.3) is 11.1 Å². The number of nitrogens with one attached hydrogen (secondary N) is 1. The Morgan fingerprint density at radius 2 is 2.15 bits per heavy atom. The predicted octanol–water partition coefficient (Wildman–Crippen LogP) is 3.38. The highest BCUT2D eigenvalue weighted by Gasteiger charge is 2.39. The molecular weight excluding hydrogens is 324 g/mol. The molecular formula is C22H22N2O2. The summed E-state index contributed by atoms with van der Waals surface area (Å²) in [5.41, 5.74) is 3.46. The Balaban J connectivity index is 1.21. The average molecular weight is 346 g/mol. The number of rotatable bonds is 4. The summed E-state index contributed by atoms with van der Waals surface area (Å²) in [6, 6.07) is 10.3. The van der Waals surface area contributed by atoms with Gasteiger partial charge in [-0.3, -0.25) is 9.78 Å². The van der Waals surface area contributed by atoms with E-state index in [-0.39, 0.29) is 17.9 Å². The van der Waals surface area contributed by atoms with Crippen LogP contribution < -0.4 is 10.1 Å². The quantitative estimate of drug-likeness (QED) is 0.864. The second-order valence-electron chi connectivity index (χ2n) is 7.64. The summed E-state index contributed by atoms with van der Waals surface area (Å²) in [4.78, 5) is 16.7. The van der Waals surface area contributed by atoms with Gasteiger partial charge in [-0.2, -0.15) is 0 Å². The van der Waals surface area contributed by atoms with Crippen molar-refractivity contribution in [3.8, 4) is 16.9 Å². The van der Waals surface area contributed by atoms with E-state index in [1.807, 2.05) is 18.3 Å². The molecule has 2 heterocycles. The van der Waals surface area contributed by atoms with E-state index < -0.39 is 0 Å². The maximum atomic E-state index is 12.5. The number of carbonyl (C=O) groups excluding carboxylic acids is 1. The van der Waals surface area contributed by atoms with Gasteiger partial charge >= 0.3 is 0 Å². The second kappa shape index (κ2) is 6.27. The summed E-state index contributed by atoms with van der Waals surface area (Å²) in [5.74, 6) is 2.35. The molecule has 4 nitrogen and oxygen atoms in total. The monoisotopic (exact) mass is 346 g/mol. The highest BCUT2D eigenvalue weighted by Crippen LogP contribution is 2.43. The van der Waals surface area contributed by atoms with E-state index in [0.29, 0.717) is 18.4 Å². The third-order valence-corrected chi connectivity index (χ3v) is 5.92. The molecule has 3 aliphatic rings. The van der Waals surface area contributed by atoms with E-state index >= 15 is 0 Å². The number of allylic oxidation sites excluding steroid dienone is 2. The number of nitrogens with zero attached hydrogens (tertiary/aromatic N) is 1. The van der Waals surface area contributed by atoms with Crippen LogP contribution in [0.1, 0.15) is 18.4 Å². The normalized spacial score (nSPS) is 28.0. The van der Waals surface area contributed by atoms with Crippen LogP contribution in [0.15, 0.2) is 54.9 Å². The van der Waals surface area contributed by atoms with Gasteiger partial charge in [-0.15, -0.1) is 0 Å². The Morgan fingerprint density at radius 3 is 2.92 bits per heavy atom. The summed E-state index contributed by atoms with van der Waals surface area (Å²) < 4.78 is 6.03. The molecule has 1 aromatic heterocycles. The van der Waals surface area contributed by atoms with E-state index in [4.69, 9.17) is 4.74 Å². The van der Waals surface area contributed by atoms with Gasteiger partial charge in [-0.05, 0) is 54.0 Å². The molecule has 2 aliphatic carbocycles. The highest BCUT2D eigenvalue weighted by molar-refractivity contribution is 5.80. The molecule has 1 amide bonds.